The molecule has 2 aliphatic rings. The van der Waals surface area contributed by atoms with Crippen LogP contribution in [0.1, 0.15) is 46.3 Å². The number of carbonyl (C=O) groups excluding carboxylic acids is 1. The zero-order chi connectivity index (χ0) is 23.2. The van der Waals surface area contributed by atoms with Crippen molar-refractivity contribution >= 4 is 11.7 Å². The van der Waals surface area contributed by atoms with Crippen molar-refractivity contribution < 1.29 is 4.79 Å². The van der Waals surface area contributed by atoms with E-state index in [9.17, 15) is 4.79 Å². The van der Waals surface area contributed by atoms with Gasteiger partial charge in [-0.3, -0.25) is 4.79 Å². The molecule has 9 heteroatoms. The third-order valence-electron chi connectivity index (χ3n) is 6.54. The van der Waals surface area contributed by atoms with Crippen LogP contribution >= 0.6 is 0 Å². The highest BCUT2D eigenvalue weighted by molar-refractivity contribution is 5.94. The topological polar surface area (TPSA) is 126 Å². The SMILES string of the molecule is Cc1cc(-c2cnc(N)c(-n3cc(C(=O)NC4(CC#N)CC4)cn3)n2)cc2c1CCN(C)C2. The molecule has 3 heterocycles. The van der Waals surface area contributed by atoms with Crippen molar-refractivity contribution in [2.45, 2.75) is 44.7 Å². The third kappa shape index (κ3) is 4.05. The van der Waals surface area contributed by atoms with E-state index in [0.717, 1.165) is 37.9 Å². The van der Waals surface area contributed by atoms with Gasteiger partial charge in [0, 0.05) is 24.8 Å². The van der Waals surface area contributed by atoms with E-state index in [1.54, 1.807) is 12.4 Å². The molecule has 0 radical (unpaired) electrons. The Bertz CT molecular complexity index is 1280. The molecule has 3 aromatic rings. The molecule has 168 valence electrons. The molecule has 5 rings (SSSR count). The Morgan fingerprint density at radius 2 is 2.15 bits per heavy atom. The Morgan fingerprint density at radius 3 is 2.91 bits per heavy atom. The highest BCUT2D eigenvalue weighted by Crippen LogP contribution is 2.38. The molecule has 1 aromatic carbocycles. The normalized spacial score (nSPS) is 16.6. The number of carbonyl (C=O) groups is 1. The lowest BCUT2D eigenvalue weighted by molar-refractivity contribution is 0.0932. The number of hydrogen-bond donors (Lipinski definition) is 2. The van der Waals surface area contributed by atoms with E-state index in [0.29, 0.717) is 23.5 Å². The molecule has 1 aliphatic carbocycles. The van der Waals surface area contributed by atoms with Gasteiger partial charge in [0.2, 0.25) is 0 Å². The minimum atomic E-state index is -0.398. The summed E-state index contributed by atoms with van der Waals surface area (Å²) in [6.07, 6.45) is 7.73. The second-order valence-electron chi connectivity index (χ2n) is 9.13. The monoisotopic (exact) mass is 442 g/mol. The van der Waals surface area contributed by atoms with E-state index < -0.39 is 5.54 Å². The molecular formula is C24H26N8O. The van der Waals surface area contributed by atoms with Gasteiger partial charge in [0.05, 0.1) is 41.7 Å². The van der Waals surface area contributed by atoms with Crippen LogP contribution in [0.3, 0.4) is 0 Å². The van der Waals surface area contributed by atoms with Crippen molar-refractivity contribution in [2.75, 3.05) is 19.3 Å². The van der Waals surface area contributed by atoms with E-state index >= 15 is 0 Å². The summed E-state index contributed by atoms with van der Waals surface area (Å²) < 4.78 is 1.48. The average molecular weight is 443 g/mol. The fraction of sp³-hybridized carbons (Fsp3) is 0.375. The summed E-state index contributed by atoms with van der Waals surface area (Å²) in [4.78, 5) is 24.0. The van der Waals surface area contributed by atoms with E-state index in [1.165, 1.54) is 27.6 Å². The summed E-state index contributed by atoms with van der Waals surface area (Å²) in [6.45, 7) is 4.10. The van der Waals surface area contributed by atoms with Gasteiger partial charge in [0.1, 0.15) is 0 Å². The second-order valence-corrected chi connectivity index (χ2v) is 9.13. The number of benzene rings is 1. The van der Waals surface area contributed by atoms with Crippen molar-refractivity contribution in [3.63, 3.8) is 0 Å². The smallest absolute Gasteiger partial charge is 0.254 e. The molecule has 9 nitrogen and oxygen atoms in total. The van der Waals surface area contributed by atoms with Crippen LogP contribution in [-0.4, -0.2) is 49.7 Å². The predicted molar refractivity (Wildman–Crippen MR) is 123 cm³/mol. The van der Waals surface area contributed by atoms with Crippen molar-refractivity contribution in [3.8, 4) is 23.1 Å². The summed E-state index contributed by atoms with van der Waals surface area (Å²) in [5.41, 5.74) is 11.8. The number of aromatic nitrogens is 4. The molecule has 3 N–H and O–H groups in total. The maximum atomic E-state index is 12.6. The van der Waals surface area contributed by atoms with Crippen LogP contribution in [-0.2, 0) is 13.0 Å². The molecule has 0 bridgehead atoms. The summed E-state index contributed by atoms with van der Waals surface area (Å²) in [5, 5.41) is 16.2. The fourth-order valence-electron chi connectivity index (χ4n) is 4.42. The van der Waals surface area contributed by atoms with Crippen molar-refractivity contribution in [3.05, 3.63) is 53.0 Å². The molecule has 0 atom stereocenters. The van der Waals surface area contributed by atoms with E-state index in [1.807, 2.05) is 0 Å². The van der Waals surface area contributed by atoms with Gasteiger partial charge >= 0.3 is 0 Å². The number of likely N-dealkylation sites (N-methyl/N-ethyl adjacent to an activating group) is 1. The Labute approximate surface area is 192 Å². The molecule has 1 saturated carbocycles. The Balaban J connectivity index is 1.44. The number of rotatable bonds is 5. The van der Waals surface area contributed by atoms with Crippen LogP contribution in [0.15, 0.2) is 30.7 Å². The average Bonchev–Trinajstić information content (AvgIpc) is 3.35. The number of nitrogens with zero attached hydrogens (tertiary/aromatic N) is 6. The quantitative estimate of drug-likeness (QED) is 0.621. The van der Waals surface area contributed by atoms with Crippen LogP contribution in [0.2, 0.25) is 0 Å². The minimum absolute atomic E-state index is 0.228. The Morgan fingerprint density at radius 1 is 1.33 bits per heavy atom. The van der Waals surface area contributed by atoms with Gasteiger partial charge in [-0.1, -0.05) is 0 Å². The molecule has 1 aliphatic heterocycles. The number of hydrogen-bond acceptors (Lipinski definition) is 7. The largest absolute Gasteiger partial charge is 0.381 e. The first-order chi connectivity index (χ1) is 15.9. The molecule has 0 spiro atoms. The number of nitrogen functional groups attached to an aromatic ring is 1. The third-order valence-corrected chi connectivity index (χ3v) is 6.54. The van der Waals surface area contributed by atoms with Gasteiger partial charge in [-0.15, -0.1) is 0 Å². The lowest BCUT2D eigenvalue weighted by Gasteiger charge is -2.27. The molecule has 33 heavy (non-hydrogen) atoms. The van der Waals surface area contributed by atoms with Gasteiger partial charge < -0.3 is 16.0 Å². The Hall–Kier alpha value is -3.77. The lowest BCUT2D eigenvalue weighted by Crippen LogP contribution is -2.36. The Kier molecular flexibility index (Phi) is 5.10. The highest BCUT2D eigenvalue weighted by atomic mass is 16.1. The van der Waals surface area contributed by atoms with Gasteiger partial charge in [0.15, 0.2) is 11.6 Å². The molecule has 1 fully saturated rings. The van der Waals surface area contributed by atoms with Crippen molar-refractivity contribution in [1.29, 1.82) is 5.26 Å². The molecule has 0 unspecified atom stereocenters. The van der Waals surface area contributed by atoms with E-state index in [2.05, 4.69) is 52.5 Å². The zero-order valence-electron chi connectivity index (χ0n) is 18.8. The maximum Gasteiger partial charge on any atom is 0.254 e. The summed E-state index contributed by atoms with van der Waals surface area (Å²) in [5.74, 6) is 0.342. The molecule has 0 saturated heterocycles. The summed E-state index contributed by atoms with van der Waals surface area (Å²) in [6, 6.07) is 6.45. The predicted octanol–water partition coefficient (Wildman–Crippen LogP) is 2.38. The van der Waals surface area contributed by atoms with Crippen LogP contribution in [0, 0.1) is 18.3 Å². The number of fused-ring (bicyclic) bond motifs is 1. The number of amides is 1. The fourth-order valence-corrected chi connectivity index (χ4v) is 4.42. The maximum absolute atomic E-state index is 12.6. The molecule has 2 aromatic heterocycles. The summed E-state index contributed by atoms with van der Waals surface area (Å²) >= 11 is 0. The van der Waals surface area contributed by atoms with Crippen molar-refractivity contribution in [2.24, 2.45) is 0 Å². The van der Waals surface area contributed by atoms with Crippen molar-refractivity contribution in [1.82, 2.24) is 30.0 Å². The molecule has 1 amide bonds. The van der Waals surface area contributed by atoms with Gasteiger partial charge in [0.25, 0.3) is 5.91 Å². The number of aryl methyl sites for hydroxylation is 1. The second kappa shape index (κ2) is 7.98. The standard InChI is InChI=1S/C24H26N8O/c1-15-9-16(10-17-13-31(2)8-3-19(15)17)20-12-27-21(26)22(29-20)32-14-18(11-28-32)23(33)30-24(4-5-24)6-7-25/h9-12,14H,3-6,8,13H2,1-2H3,(H2,26,27)(H,30,33). The first kappa shape index (κ1) is 21.1. The van der Waals surface area contributed by atoms with Crippen LogP contribution in [0.4, 0.5) is 5.82 Å². The van der Waals surface area contributed by atoms with E-state index in [4.69, 9.17) is 16.0 Å². The number of nitrogens with two attached hydrogens (primary N) is 1. The minimum Gasteiger partial charge on any atom is -0.381 e. The lowest BCUT2D eigenvalue weighted by atomic mass is 9.92. The first-order valence-electron chi connectivity index (χ1n) is 11.1. The first-order valence-corrected chi connectivity index (χ1v) is 11.1. The number of anilines is 1. The number of nitriles is 1. The summed E-state index contributed by atoms with van der Waals surface area (Å²) in [7, 11) is 2.13. The highest BCUT2D eigenvalue weighted by Gasteiger charge is 2.44. The van der Waals surface area contributed by atoms with E-state index in [-0.39, 0.29) is 11.7 Å². The van der Waals surface area contributed by atoms with Gasteiger partial charge in [-0.25, -0.2) is 14.6 Å². The van der Waals surface area contributed by atoms with Crippen LogP contribution in [0.25, 0.3) is 17.1 Å². The van der Waals surface area contributed by atoms with Crippen LogP contribution < -0.4 is 11.1 Å². The van der Waals surface area contributed by atoms with Crippen LogP contribution in [0.5, 0.6) is 0 Å². The number of nitrogens with one attached hydrogen (secondary N) is 1. The van der Waals surface area contributed by atoms with Gasteiger partial charge in [-0.05, 0) is 62.1 Å². The van der Waals surface area contributed by atoms with Gasteiger partial charge in [-0.2, -0.15) is 10.4 Å². The molecular weight excluding hydrogens is 416 g/mol. The zero-order valence-corrected chi connectivity index (χ0v) is 18.8.